The molecule has 0 saturated carbocycles. The Morgan fingerprint density at radius 1 is 1.03 bits per heavy atom. The maximum Gasteiger partial charge on any atom is 0.471 e. The average molecular weight is 541 g/mol. The van der Waals surface area contributed by atoms with Gasteiger partial charge >= 0.3 is 12.1 Å². The van der Waals surface area contributed by atoms with Crippen LogP contribution in [0.15, 0.2) is 48.7 Å². The zero-order valence-electron chi connectivity index (χ0n) is 19.1. The van der Waals surface area contributed by atoms with Crippen molar-refractivity contribution in [3.63, 3.8) is 0 Å². The average Bonchev–Trinajstić information content (AvgIpc) is 2.83. The molecule has 1 fully saturated rings. The van der Waals surface area contributed by atoms with Gasteiger partial charge in [-0.2, -0.15) is 13.2 Å². The van der Waals surface area contributed by atoms with E-state index in [0.717, 1.165) is 10.5 Å². The molecule has 1 amide bonds. The van der Waals surface area contributed by atoms with Gasteiger partial charge in [0.25, 0.3) is 0 Å². The third-order valence-corrected chi connectivity index (χ3v) is 5.84. The molecule has 1 aromatic carbocycles. The molecule has 1 aliphatic rings. The number of amides is 1. The summed E-state index contributed by atoms with van der Waals surface area (Å²) in [6.45, 7) is 0.734. The van der Waals surface area contributed by atoms with Gasteiger partial charge in [0.15, 0.2) is 0 Å². The summed E-state index contributed by atoms with van der Waals surface area (Å²) in [5.74, 6) is -0.524. The van der Waals surface area contributed by atoms with Gasteiger partial charge in [0.2, 0.25) is 5.88 Å². The minimum Gasteiger partial charge on any atom is -0.437 e. The highest BCUT2D eigenvalue weighted by molar-refractivity contribution is 6.35. The number of alkyl halides is 3. The van der Waals surface area contributed by atoms with Crippen LogP contribution in [0.4, 0.5) is 19.0 Å². The summed E-state index contributed by atoms with van der Waals surface area (Å²) in [4.78, 5) is 23.0. The molecule has 4 rings (SSSR count). The summed E-state index contributed by atoms with van der Waals surface area (Å²) in [5, 5.41) is 0.949. The van der Waals surface area contributed by atoms with E-state index >= 15 is 0 Å². The molecule has 0 atom stereocenters. The van der Waals surface area contributed by atoms with Gasteiger partial charge < -0.3 is 19.3 Å². The minimum absolute atomic E-state index is 0.0369. The second-order valence-electron chi connectivity index (χ2n) is 8.02. The van der Waals surface area contributed by atoms with E-state index < -0.39 is 12.1 Å². The number of benzene rings is 1. The maximum atomic E-state index is 12.6. The number of carbonyl (C=O) groups is 1. The normalized spacial score (nSPS) is 14.2. The number of hydrogen-bond acceptors (Lipinski definition) is 6. The van der Waals surface area contributed by atoms with Crippen LogP contribution in [-0.2, 0) is 16.1 Å². The highest BCUT2D eigenvalue weighted by Crippen LogP contribution is 2.30. The largest absolute Gasteiger partial charge is 0.471 e. The maximum absolute atomic E-state index is 12.6. The Hall–Kier alpha value is -3.08. The van der Waals surface area contributed by atoms with Gasteiger partial charge in [-0.25, -0.2) is 9.97 Å². The SMILES string of the molecule is COCc1cc(Oc2ccc(N3CCN(C(=O)C(F)(F)F)CC3)nc2)nc(-c2cc(Cl)cc(Cl)c2)c1. The van der Waals surface area contributed by atoms with Crippen LogP contribution in [0.1, 0.15) is 5.56 Å². The topological polar surface area (TPSA) is 67.8 Å². The van der Waals surface area contributed by atoms with Crippen LogP contribution in [0.2, 0.25) is 10.0 Å². The number of ether oxygens (including phenoxy) is 2. The number of nitrogens with zero attached hydrogens (tertiary/aromatic N) is 4. The molecule has 0 unspecified atom stereocenters. The molecule has 7 nitrogen and oxygen atoms in total. The zero-order valence-corrected chi connectivity index (χ0v) is 20.6. The van der Waals surface area contributed by atoms with E-state index in [2.05, 4.69) is 9.97 Å². The lowest BCUT2D eigenvalue weighted by atomic mass is 10.1. The summed E-state index contributed by atoms with van der Waals surface area (Å²) in [7, 11) is 1.58. The molecule has 1 aliphatic heterocycles. The number of carbonyl (C=O) groups excluding carboxylic acids is 1. The van der Waals surface area contributed by atoms with Crippen LogP contribution in [0, 0.1) is 0 Å². The van der Waals surface area contributed by atoms with Gasteiger partial charge in [0.05, 0.1) is 18.5 Å². The lowest BCUT2D eigenvalue weighted by Gasteiger charge is -2.35. The minimum atomic E-state index is -4.87. The second-order valence-corrected chi connectivity index (χ2v) is 8.89. The fraction of sp³-hybridized carbons (Fsp3) is 0.292. The lowest BCUT2D eigenvalue weighted by Crippen LogP contribution is -2.52. The first-order valence-electron chi connectivity index (χ1n) is 10.8. The molecular formula is C24H21Cl2F3N4O3. The van der Waals surface area contributed by atoms with Crippen LogP contribution < -0.4 is 9.64 Å². The van der Waals surface area contributed by atoms with Crippen molar-refractivity contribution in [3.8, 4) is 22.9 Å². The highest BCUT2D eigenvalue weighted by atomic mass is 35.5. The van der Waals surface area contributed by atoms with Crippen LogP contribution in [-0.4, -0.2) is 60.2 Å². The van der Waals surface area contributed by atoms with Crippen molar-refractivity contribution < 1.29 is 27.4 Å². The van der Waals surface area contributed by atoms with Crippen molar-refractivity contribution in [2.45, 2.75) is 12.8 Å². The molecule has 0 aliphatic carbocycles. The number of halogens is 5. The number of anilines is 1. The summed E-state index contributed by atoms with van der Waals surface area (Å²) in [6.07, 6.45) is -3.37. The van der Waals surface area contributed by atoms with Gasteiger partial charge in [0.1, 0.15) is 11.6 Å². The predicted molar refractivity (Wildman–Crippen MR) is 130 cm³/mol. The number of aromatic nitrogens is 2. The Labute approximate surface area is 215 Å². The van der Waals surface area contributed by atoms with Crippen molar-refractivity contribution in [2.75, 3.05) is 38.2 Å². The third-order valence-electron chi connectivity index (χ3n) is 5.41. The monoisotopic (exact) mass is 540 g/mol. The van der Waals surface area contributed by atoms with E-state index in [1.165, 1.54) is 6.20 Å². The molecule has 12 heteroatoms. The van der Waals surface area contributed by atoms with Crippen molar-refractivity contribution in [2.24, 2.45) is 0 Å². The number of hydrogen-bond donors (Lipinski definition) is 0. The molecule has 1 saturated heterocycles. The van der Waals surface area contributed by atoms with Crippen LogP contribution >= 0.6 is 23.2 Å². The fourth-order valence-electron chi connectivity index (χ4n) is 3.77. The standard InChI is InChI=1S/C24H21Cl2F3N4O3/c1-35-14-15-8-20(16-10-17(25)12-18(26)11-16)31-22(9-15)36-19-2-3-21(30-13-19)32-4-6-33(7-5-32)23(34)24(27,28)29/h2-3,8-13H,4-7,14H2,1H3. The van der Waals surface area contributed by atoms with Crippen molar-refractivity contribution >= 4 is 34.9 Å². The molecule has 36 heavy (non-hydrogen) atoms. The van der Waals surface area contributed by atoms with E-state index in [1.807, 2.05) is 11.0 Å². The van der Waals surface area contributed by atoms with Gasteiger partial charge in [-0.1, -0.05) is 23.2 Å². The number of rotatable bonds is 6. The van der Waals surface area contributed by atoms with Gasteiger partial charge in [0, 0.05) is 55.0 Å². The van der Waals surface area contributed by atoms with Crippen LogP contribution in [0.25, 0.3) is 11.3 Å². The smallest absolute Gasteiger partial charge is 0.437 e. The Bertz CT molecular complexity index is 1210. The van der Waals surface area contributed by atoms with Crippen molar-refractivity contribution in [3.05, 3.63) is 64.3 Å². The summed E-state index contributed by atoms with van der Waals surface area (Å²) >= 11 is 12.3. The van der Waals surface area contributed by atoms with Crippen molar-refractivity contribution in [1.82, 2.24) is 14.9 Å². The van der Waals surface area contributed by atoms with E-state index in [-0.39, 0.29) is 26.2 Å². The molecule has 2 aromatic heterocycles. The summed E-state index contributed by atoms with van der Waals surface area (Å²) in [5.41, 5.74) is 2.14. The number of methoxy groups -OCH3 is 1. The quantitative estimate of drug-likeness (QED) is 0.405. The Morgan fingerprint density at radius 3 is 2.31 bits per heavy atom. The van der Waals surface area contributed by atoms with Crippen LogP contribution in [0.5, 0.6) is 11.6 Å². The Balaban J connectivity index is 1.47. The summed E-state index contributed by atoms with van der Waals surface area (Å²) in [6, 6.07) is 12.1. The molecule has 3 heterocycles. The molecule has 0 N–H and O–H groups in total. The second kappa shape index (κ2) is 10.9. The first kappa shape index (κ1) is 26.0. The molecule has 190 valence electrons. The van der Waals surface area contributed by atoms with Gasteiger partial charge in [-0.05, 0) is 42.0 Å². The fourth-order valence-corrected chi connectivity index (χ4v) is 4.30. The van der Waals surface area contributed by atoms with Gasteiger partial charge in [-0.3, -0.25) is 4.79 Å². The van der Waals surface area contributed by atoms with Crippen LogP contribution in [0.3, 0.4) is 0 Å². The summed E-state index contributed by atoms with van der Waals surface area (Å²) < 4.78 is 49.1. The molecule has 3 aromatic rings. The first-order valence-corrected chi connectivity index (χ1v) is 11.6. The van der Waals surface area contributed by atoms with Crippen molar-refractivity contribution in [1.29, 1.82) is 0 Å². The molecule has 0 spiro atoms. The molecule has 0 bridgehead atoms. The molecular weight excluding hydrogens is 520 g/mol. The third kappa shape index (κ3) is 6.37. The van der Waals surface area contributed by atoms with Gasteiger partial charge in [-0.15, -0.1) is 0 Å². The lowest BCUT2D eigenvalue weighted by molar-refractivity contribution is -0.185. The number of pyridine rings is 2. The predicted octanol–water partition coefficient (Wildman–Crippen LogP) is 5.60. The molecule has 0 radical (unpaired) electrons. The van der Waals surface area contributed by atoms with E-state index in [0.29, 0.717) is 45.4 Å². The van der Waals surface area contributed by atoms with E-state index in [1.54, 1.807) is 43.5 Å². The Morgan fingerprint density at radius 2 is 1.72 bits per heavy atom. The Kier molecular flexibility index (Phi) is 7.87. The highest BCUT2D eigenvalue weighted by Gasteiger charge is 2.43. The zero-order chi connectivity index (χ0) is 25.9. The van der Waals surface area contributed by atoms with E-state index in [9.17, 15) is 18.0 Å². The first-order chi connectivity index (χ1) is 17.1. The number of piperazine rings is 1. The van der Waals surface area contributed by atoms with E-state index in [4.69, 9.17) is 32.7 Å².